The number of carbonyl (C=O) groups excluding carboxylic acids is 3. The molecule has 2 rings (SSSR count). The number of primary amides is 1. The quantitative estimate of drug-likeness (QED) is 0.632. The van der Waals surface area contributed by atoms with Gasteiger partial charge in [-0.05, 0) is 44.0 Å². The predicted molar refractivity (Wildman–Crippen MR) is 110 cm³/mol. The van der Waals surface area contributed by atoms with Gasteiger partial charge in [0, 0.05) is 49.8 Å². The van der Waals surface area contributed by atoms with E-state index >= 15 is 0 Å². The zero-order valence-electron chi connectivity index (χ0n) is 16.8. The number of rotatable bonds is 8. The van der Waals surface area contributed by atoms with Crippen LogP contribution >= 0.6 is 0 Å². The molecule has 0 spiro atoms. The minimum Gasteiger partial charge on any atom is -0.366 e. The summed E-state index contributed by atoms with van der Waals surface area (Å²) in [5, 5.41) is 2.73. The highest BCUT2D eigenvalue weighted by Crippen LogP contribution is 2.21. The lowest BCUT2D eigenvalue weighted by Crippen LogP contribution is -2.44. The molecule has 1 aliphatic rings. The summed E-state index contributed by atoms with van der Waals surface area (Å²) in [6.07, 6.45) is 2.29. The van der Waals surface area contributed by atoms with Crippen LogP contribution in [0.5, 0.6) is 0 Å². The van der Waals surface area contributed by atoms with Crippen molar-refractivity contribution in [3.05, 3.63) is 29.8 Å². The Balaban J connectivity index is 1.83. The van der Waals surface area contributed by atoms with Gasteiger partial charge in [-0.25, -0.2) is 12.7 Å². The molecule has 1 fully saturated rings. The molecule has 0 radical (unpaired) electrons. The molecule has 3 amide bonds. The minimum absolute atomic E-state index is 0.0423. The molecular weight excluding hydrogens is 396 g/mol. The first-order chi connectivity index (χ1) is 13.6. The summed E-state index contributed by atoms with van der Waals surface area (Å²) in [6, 6.07) is 6.25. The molecule has 0 aliphatic carbocycles. The number of nitrogens with zero attached hydrogens (tertiary/aromatic N) is 2. The highest BCUT2D eigenvalue weighted by molar-refractivity contribution is 7.88. The smallest absolute Gasteiger partial charge is 0.248 e. The van der Waals surface area contributed by atoms with Crippen LogP contribution in [-0.2, 0) is 19.6 Å². The third kappa shape index (κ3) is 6.53. The van der Waals surface area contributed by atoms with Crippen LogP contribution in [0.4, 0.5) is 5.69 Å². The topological polar surface area (TPSA) is 130 Å². The maximum Gasteiger partial charge on any atom is 0.248 e. The van der Waals surface area contributed by atoms with Gasteiger partial charge >= 0.3 is 0 Å². The van der Waals surface area contributed by atoms with Crippen LogP contribution in [0.3, 0.4) is 0 Å². The van der Waals surface area contributed by atoms with Crippen molar-refractivity contribution in [2.24, 2.45) is 11.7 Å². The van der Waals surface area contributed by atoms with Gasteiger partial charge in [-0.15, -0.1) is 0 Å². The molecule has 10 heteroatoms. The number of hydrogen-bond acceptors (Lipinski definition) is 5. The van der Waals surface area contributed by atoms with Gasteiger partial charge in [0.05, 0.1) is 6.26 Å². The summed E-state index contributed by atoms with van der Waals surface area (Å²) in [7, 11) is -3.23. The number of amides is 3. The molecule has 0 saturated carbocycles. The summed E-state index contributed by atoms with van der Waals surface area (Å²) < 4.78 is 24.6. The van der Waals surface area contributed by atoms with Gasteiger partial charge in [0.1, 0.15) is 0 Å². The fourth-order valence-corrected chi connectivity index (χ4v) is 4.17. The predicted octanol–water partition coefficient (Wildman–Crippen LogP) is 0.634. The van der Waals surface area contributed by atoms with Crippen LogP contribution in [0.25, 0.3) is 0 Å². The van der Waals surface area contributed by atoms with Crippen molar-refractivity contribution in [3.8, 4) is 0 Å². The molecule has 1 saturated heterocycles. The maximum atomic E-state index is 12.7. The van der Waals surface area contributed by atoms with Crippen molar-refractivity contribution in [2.45, 2.75) is 26.2 Å². The second kappa shape index (κ2) is 9.84. The van der Waals surface area contributed by atoms with E-state index in [1.54, 1.807) is 17.0 Å². The van der Waals surface area contributed by atoms with E-state index in [9.17, 15) is 22.8 Å². The van der Waals surface area contributed by atoms with Gasteiger partial charge in [0.25, 0.3) is 0 Å². The highest BCUT2D eigenvalue weighted by Gasteiger charge is 2.31. The van der Waals surface area contributed by atoms with E-state index in [-0.39, 0.29) is 30.7 Å². The Morgan fingerprint density at radius 1 is 1.17 bits per heavy atom. The summed E-state index contributed by atoms with van der Waals surface area (Å²) >= 11 is 0. The van der Waals surface area contributed by atoms with Gasteiger partial charge in [-0.1, -0.05) is 0 Å². The standard InChI is InChI=1S/C19H28N4O5S/c1-3-22(19(26)15-8-12-23(13-9-15)29(2,27)28)11-10-17(24)21-16-6-4-14(5-7-16)18(20)25/h4-7,15H,3,8-13H2,1-2H3,(H2,20,25)(H,21,24). The second-order valence-corrected chi connectivity index (χ2v) is 9.08. The molecule has 1 aliphatic heterocycles. The van der Waals surface area contributed by atoms with Gasteiger partial charge < -0.3 is 16.0 Å². The molecule has 0 bridgehead atoms. The van der Waals surface area contributed by atoms with E-state index in [2.05, 4.69) is 5.32 Å². The molecule has 160 valence electrons. The highest BCUT2D eigenvalue weighted by atomic mass is 32.2. The zero-order valence-corrected chi connectivity index (χ0v) is 17.6. The van der Waals surface area contributed by atoms with Crippen molar-refractivity contribution in [3.63, 3.8) is 0 Å². The second-order valence-electron chi connectivity index (χ2n) is 7.09. The number of carbonyl (C=O) groups is 3. The maximum absolute atomic E-state index is 12.7. The third-order valence-electron chi connectivity index (χ3n) is 5.03. The van der Waals surface area contributed by atoms with E-state index in [0.717, 1.165) is 0 Å². The van der Waals surface area contributed by atoms with Gasteiger partial charge in [0.15, 0.2) is 0 Å². The Hall–Kier alpha value is -2.46. The van der Waals surface area contributed by atoms with Crippen molar-refractivity contribution in [1.29, 1.82) is 0 Å². The molecule has 1 aromatic carbocycles. The minimum atomic E-state index is -3.23. The largest absolute Gasteiger partial charge is 0.366 e. The summed E-state index contributed by atoms with van der Waals surface area (Å²) in [5.41, 5.74) is 6.08. The zero-order chi connectivity index (χ0) is 21.6. The number of anilines is 1. The molecule has 0 aromatic heterocycles. The van der Waals surface area contributed by atoms with Crippen LogP contribution in [0, 0.1) is 5.92 Å². The molecule has 1 aromatic rings. The van der Waals surface area contributed by atoms with Gasteiger partial charge in [-0.3, -0.25) is 14.4 Å². The van der Waals surface area contributed by atoms with E-state index in [1.165, 1.54) is 22.7 Å². The number of nitrogens with two attached hydrogens (primary N) is 1. The normalized spacial score (nSPS) is 15.7. The van der Waals surface area contributed by atoms with Gasteiger partial charge in [-0.2, -0.15) is 0 Å². The van der Waals surface area contributed by atoms with Crippen molar-refractivity contribution in [2.75, 3.05) is 37.8 Å². The van der Waals surface area contributed by atoms with Crippen LogP contribution in [0.2, 0.25) is 0 Å². The molecule has 9 nitrogen and oxygen atoms in total. The van der Waals surface area contributed by atoms with Gasteiger partial charge in [0.2, 0.25) is 27.7 Å². The fourth-order valence-electron chi connectivity index (χ4n) is 3.29. The molecule has 0 atom stereocenters. The first-order valence-electron chi connectivity index (χ1n) is 9.55. The molecular formula is C19H28N4O5S. The first kappa shape index (κ1) is 22.8. The number of hydrogen-bond donors (Lipinski definition) is 2. The lowest BCUT2D eigenvalue weighted by atomic mass is 9.96. The lowest BCUT2D eigenvalue weighted by molar-refractivity contribution is -0.136. The number of benzene rings is 1. The Kier molecular flexibility index (Phi) is 7.74. The summed E-state index contributed by atoms with van der Waals surface area (Å²) in [5.74, 6) is -1.05. The van der Waals surface area contributed by atoms with Crippen LogP contribution in [-0.4, -0.2) is 67.8 Å². The Morgan fingerprint density at radius 2 is 1.76 bits per heavy atom. The van der Waals surface area contributed by atoms with E-state index in [0.29, 0.717) is 43.7 Å². The molecule has 0 unspecified atom stereocenters. The first-order valence-corrected chi connectivity index (χ1v) is 11.4. The number of nitrogens with one attached hydrogen (secondary N) is 1. The van der Waals surface area contributed by atoms with Crippen molar-refractivity contribution < 1.29 is 22.8 Å². The Labute approximate surface area is 171 Å². The SMILES string of the molecule is CCN(CCC(=O)Nc1ccc(C(N)=O)cc1)C(=O)C1CCN(S(C)(=O)=O)CC1. The average Bonchev–Trinajstić information content (AvgIpc) is 2.68. The van der Waals surface area contributed by atoms with Crippen LogP contribution in [0.1, 0.15) is 36.5 Å². The van der Waals surface area contributed by atoms with Crippen LogP contribution < -0.4 is 11.1 Å². The van der Waals surface area contributed by atoms with Crippen molar-refractivity contribution >= 4 is 33.4 Å². The Morgan fingerprint density at radius 3 is 2.24 bits per heavy atom. The fraction of sp³-hybridized carbons (Fsp3) is 0.526. The summed E-state index contributed by atoms with van der Waals surface area (Å²) in [4.78, 5) is 37.6. The third-order valence-corrected chi connectivity index (χ3v) is 6.33. The Bertz CT molecular complexity index is 846. The average molecular weight is 425 g/mol. The molecule has 1 heterocycles. The summed E-state index contributed by atoms with van der Waals surface area (Å²) in [6.45, 7) is 3.30. The number of sulfonamides is 1. The lowest BCUT2D eigenvalue weighted by Gasteiger charge is -2.32. The monoisotopic (exact) mass is 424 g/mol. The van der Waals surface area contributed by atoms with Crippen molar-refractivity contribution in [1.82, 2.24) is 9.21 Å². The van der Waals surface area contributed by atoms with E-state index < -0.39 is 15.9 Å². The molecule has 29 heavy (non-hydrogen) atoms. The van der Waals surface area contributed by atoms with E-state index in [1.807, 2.05) is 6.92 Å². The number of piperidine rings is 1. The van der Waals surface area contributed by atoms with Crippen LogP contribution in [0.15, 0.2) is 24.3 Å². The van der Waals surface area contributed by atoms with E-state index in [4.69, 9.17) is 5.73 Å². The molecule has 3 N–H and O–H groups in total.